The second kappa shape index (κ2) is 5.96. The molecule has 0 saturated heterocycles. The highest BCUT2D eigenvalue weighted by Crippen LogP contribution is 2.20. The first-order valence-corrected chi connectivity index (χ1v) is 7.54. The maximum Gasteiger partial charge on any atom is 0.349 e. The Bertz CT molecular complexity index is 981. The molecule has 0 bridgehead atoms. The van der Waals surface area contributed by atoms with E-state index in [9.17, 15) is 14.0 Å². The number of benzene rings is 2. The lowest BCUT2D eigenvalue weighted by Gasteiger charge is -2.07. The Hall–Kier alpha value is -2.47. The van der Waals surface area contributed by atoms with Gasteiger partial charge in [0.05, 0.1) is 5.69 Å². The molecular formula is C17H11BrFNO3. The number of aryl methyl sites for hydroxylation is 1. The molecule has 3 aromatic rings. The average Bonchev–Trinajstić information content (AvgIpc) is 2.49. The van der Waals surface area contributed by atoms with Crippen molar-refractivity contribution in [1.29, 1.82) is 0 Å². The highest BCUT2D eigenvalue weighted by molar-refractivity contribution is 9.10. The van der Waals surface area contributed by atoms with Gasteiger partial charge >= 0.3 is 5.63 Å². The molecule has 1 heterocycles. The Morgan fingerprint density at radius 3 is 2.70 bits per heavy atom. The first kappa shape index (κ1) is 15.4. The molecule has 3 rings (SSSR count). The average molecular weight is 376 g/mol. The highest BCUT2D eigenvalue weighted by Gasteiger charge is 2.15. The molecule has 0 radical (unpaired) electrons. The molecular weight excluding hydrogens is 365 g/mol. The molecule has 0 spiro atoms. The van der Waals surface area contributed by atoms with Crippen LogP contribution in [0.1, 0.15) is 15.9 Å². The molecule has 1 aromatic heterocycles. The number of amides is 1. The number of hydrogen-bond donors (Lipinski definition) is 1. The molecule has 4 nitrogen and oxygen atoms in total. The van der Waals surface area contributed by atoms with Gasteiger partial charge in [-0.3, -0.25) is 4.79 Å². The van der Waals surface area contributed by atoms with E-state index in [1.54, 1.807) is 18.2 Å². The summed E-state index contributed by atoms with van der Waals surface area (Å²) < 4.78 is 19.5. The fourth-order valence-corrected chi connectivity index (χ4v) is 2.51. The Morgan fingerprint density at radius 2 is 1.96 bits per heavy atom. The van der Waals surface area contributed by atoms with Crippen LogP contribution >= 0.6 is 15.9 Å². The van der Waals surface area contributed by atoms with Gasteiger partial charge in [0.1, 0.15) is 17.0 Å². The summed E-state index contributed by atoms with van der Waals surface area (Å²) in [6.07, 6.45) is 0. The fraction of sp³-hybridized carbons (Fsp3) is 0.0588. The van der Waals surface area contributed by atoms with Crippen molar-refractivity contribution < 1.29 is 13.6 Å². The van der Waals surface area contributed by atoms with Gasteiger partial charge in [-0.1, -0.05) is 27.6 Å². The third-order valence-electron chi connectivity index (χ3n) is 3.31. The van der Waals surface area contributed by atoms with Crippen LogP contribution < -0.4 is 10.9 Å². The fourth-order valence-electron chi connectivity index (χ4n) is 2.18. The van der Waals surface area contributed by atoms with E-state index in [2.05, 4.69) is 21.2 Å². The number of nitrogens with one attached hydrogen (secondary N) is 1. The molecule has 0 atom stereocenters. The molecule has 0 aliphatic carbocycles. The third kappa shape index (κ3) is 3.17. The predicted octanol–water partition coefficient (Wildman–Crippen LogP) is 4.26. The summed E-state index contributed by atoms with van der Waals surface area (Å²) in [6.45, 7) is 1.89. The molecule has 116 valence electrons. The number of carbonyl (C=O) groups is 1. The van der Waals surface area contributed by atoms with Crippen molar-refractivity contribution in [1.82, 2.24) is 0 Å². The summed E-state index contributed by atoms with van der Waals surface area (Å²) in [5.41, 5.74) is 0.410. The summed E-state index contributed by atoms with van der Waals surface area (Å²) in [5.74, 6) is -1.32. The molecule has 1 amide bonds. The van der Waals surface area contributed by atoms with Crippen LogP contribution in [-0.4, -0.2) is 5.91 Å². The summed E-state index contributed by atoms with van der Waals surface area (Å²) in [4.78, 5) is 24.2. The number of anilines is 1. The summed E-state index contributed by atoms with van der Waals surface area (Å²) >= 11 is 3.14. The quantitative estimate of drug-likeness (QED) is 0.680. The SMILES string of the molecule is Cc1ccc2oc(=O)c(C(=O)Nc3ccc(Br)cc3F)cc2c1. The Kier molecular flexibility index (Phi) is 4.00. The summed E-state index contributed by atoms with van der Waals surface area (Å²) in [7, 11) is 0. The van der Waals surface area contributed by atoms with E-state index >= 15 is 0 Å². The van der Waals surface area contributed by atoms with E-state index < -0.39 is 17.3 Å². The largest absolute Gasteiger partial charge is 0.422 e. The smallest absolute Gasteiger partial charge is 0.349 e. The van der Waals surface area contributed by atoms with Gasteiger partial charge in [0.2, 0.25) is 0 Å². The van der Waals surface area contributed by atoms with Gasteiger partial charge in [0.25, 0.3) is 5.91 Å². The van der Waals surface area contributed by atoms with Crippen LogP contribution in [0, 0.1) is 12.7 Å². The molecule has 6 heteroatoms. The minimum Gasteiger partial charge on any atom is -0.422 e. The highest BCUT2D eigenvalue weighted by atomic mass is 79.9. The lowest BCUT2D eigenvalue weighted by molar-refractivity contribution is 0.102. The van der Waals surface area contributed by atoms with Gasteiger partial charge in [0, 0.05) is 9.86 Å². The van der Waals surface area contributed by atoms with Crippen molar-refractivity contribution in [2.45, 2.75) is 6.92 Å². The zero-order valence-corrected chi connectivity index (χ0v) is 13.6. The summed E-state index contributed by atoms with van der Waals surface area (Å²) in [5, 5.41) is 3.01. The molecule has 0 aliphatic heterocycles. The van der Waals surface area contributed by atoms with E-state index in [0.717, 1.165) is 5.56 Å². The van der Waals surface area contributed by atoms with Crippen LogP contribution in [0.2, 0.25) is 0 Å². The second-order valence-corrected chi connectivity index (χ2v) is 5.98. The number of halogens is 2. The van der Waals surface area contributed by atoms with Gasteiger partial charge in [-0.25, -0.2) is 9.18 Å². The number of carbonyl (C=O) groups excluding carboxylic acids is 1. The van der Waals surface area contributed by atoms with Crippen LogP contribution in [0.3, 0.4) is 0 Å². The first-order chi connectivity index (χ1) is 10.9. The van der Waals surface area contributed by atoms with Gasteiger partial charge in [0.15, 0.2) is 0 Å². The van der Waals surface area contributed by atoms with Gasteiger partial charge in [-0.15, -0.1) is 0 Å². The molecule has 0 aliphatic rings. The van der Waals surface area contributed by atoms with Crippen molar-refractivity contribution in [2.75, 3.05) is 5.32 Å². The molecule has 0 saturated carbocycles. The zero-order valence-electron chi connectivity index (χ0n) is 12.0. The molecule has 0 fully saturated rings. The minimum absolute atomic E-state index is 0.0121. The van der Waals surface area contributed by atoms with E-state index in [0.29, 0.717) is 15.4 Å². The van der Waals surface area contributed by atoms with E-state index in [1.807, 2.05) is 13.0 Å². The van der Waals surface area contributed by atoms with Crippen LogP contribution in [-0.2, 0) is 0 Å². The lowest BCUT2D eigenvalue weighted by atomic mass is 10.1. The topological polar surface area (TPSA) is 59.3 Å². The predicted molar refractivity (Wildman–Crippen MR) is 89.3 cm³/mol. The number of rotatable bonds is 2. The van der Waals surface area contributed by atoms with Crippen molar-refractivity contribution in [2.24, 2.45) is 0 Å². The van der Waals surface area contributed by atoms with Gasteiger partial charge in [-0.2, -0.15) is 0 Å². The number of hydrogen-bond acceptors (Lipinski definition) is 3. The van der Waals surface area contributed by atoms with Crippen LogP contribution in [0.25, 0.3) is 11.0 Å². The van der Waals surface area contributed by atoms with E-state index in [-0.39, 0.29) is 11.3 Å². The van der Waals surface area contributed by atoms with E-state index in [4.69, 9.17) is 4.42 Å². The van der Waals surface area contributed by atoms with Crippen LogP contribution in [0.5, 0.6) is 0 Å². The third-order valence-corrected chi connectivity index (χ3v) is 3.80. The van der Waals surface area contributed by atoms with Crippen LogP contribution in [0.4, 0.5) is 10.1 Å². The van der Waals surface area contributed by atoms with Gasteiger partial charge in [-0.05, 0) is 43.3 Å². The van der Waals surface area contributed by atoms with Crippen molar-refractivity contribution in [3.63, 3.8) is 0 Å². The van der Waals surface area contributed by atoms with Crippen molar-refractivity contribution in [3.05, 3.63) is 74.3 Å². The van der Waals surface area contributed by atoms with Crippen molar-refractivity contribution >= 4 is 38.5 Å². The number of fused-ring (bicyclic) bond motifs is 1. The maximum atomic E-state index is 13.8. The molecule has 0 unspecified atom stereocenters. The Morgan fingerprint density at radius 1 is 1.17 bits per heavy atom. The first-order valence-electron chi connectivity index (χ1n) is 6.75. The maximum absolute atomic E-state index is 13.8. The van der Waals surface area contributed by atoms with Crippen LogP contribution in [0.15, 0.2) is 56.1 Å². The minimum atomic E-state index is -0.767. The normalized spacial score (nSPS) is 10.7. The van der Waals surface area contributed by atoms with E-state index in [1.165, 1.54) is 18.2 Å². The molecule has 23 heavy (non-hydrogen) atoms. The lowest BCUT2D eigenvalue weighted by Crippen LogP contribution is -2.21. The zero-order chi connectivity index (χ0) is 16.6. The second-order valence-electron chi connectivity index (χ2n) is 5.07. The van der Waals surface area contributed by atoms with Gasteiger partial charge < -0.3 is 9.73 Å². The molecule has 2 aromatic carbocycles. The summed E-state index contributed by atoms with van der Waals surface area (Å²) in [6, 6.07) is 10.9. The standard InChI is InChI=1S/C17H11BrFNO3/c1-9-2-5-15-10(6-9)7-12(17(22)23-15)16(21)20-14-4-3-11(18)8-13(14)19/h2-8H,1H3,(H,20,21). The monoisotopic (exact) mass is 375 g/mol. The Labute approximate surface area is 139 Å². The Balaban J connectivity index is 2.00. The van der Waals surface area contributed by atoms with Crippen molar-refractivity contribution in [3.8, 4) is 0 Å². The molecule has 1 N–H and O–H groups in total.